The molecule has 6 heteroatoms. The van der Waals surface area contributed by atoms with Crippen LogP contribution in [-0.2, 0) is 14.8 Å². The van der Waals surface area contributed by atoms with Crippen LogP contribution >= 0.6 is 0 Å². The minimum atomic E-state index is -3.71. The zero-order valence-electron chi connectivity index (χ0n) is 12.7. The van der Waals surface area contributed by atoms with Gasteiger partial charge in [0.25, 0.3) is 10.0 Å². The van der Waals surface area contributed by atoms with Crippen molar-refractivity contribution in [1.82, 2.24) is 3.97 Å². The molecule has 5 nitrogen and oxygen atoms in total. The van der Waals surface area contributed by atoms with E-state index in [9.17, 15) is 18.3 Å². The molecular formula is C17H17NO4S. The van der Waals surface area contributed by atoms with Gasteiger partial charge in [-0.15, -0.1) is 0 Å². The number of allylic oxidation sites excluding steroid dienone is 2. The molecule has 0 atom stereocenters. The molecule has 0 saturated heterocycles. The summed E-state index contributed by atoms with van der Waals surface area (Å²) < 4.78 is 26.3. The maximum atomic E-state index is 12.6. The summed E-state index contributed by atoms with van der Waals surface area (Å²) in [4.78, 5) is 12.2. The maximum Gasteiger partial charge on any atom is 0.267 e. The zero-order valence-corrected chi connectivity index (χ0v) is 13.5. The van der Waals surface area contributed by atoms with Gasteiger partial charge in [0.15, 0.2) is 5.78 Å². The number of rotatable bonds is 3. The van der Waals surface area contributed by atoms with Gasteiger partial charge in [0.05, 0.1) is 10.5 Å². The van der Waals surface area contributed by atoms with Crippen LogP contribution in [0.25, 0.3) is 5.57 Å². The number of hydrogen-bond donors (Lipinski definition) is 1. The van der Waals surface area contributed by atoms with Gasteiger partial charge < -0.3 is 5.11 Å². The summed E-state index contributed by atoms with van der Waals surface area (Å²) >= 11 is 0. The molecule has 0 fully saturated rings. The largest absolute Gasteiger partial charge is 0.512 e. The molecule has 3 rings (SSSR count). The molecule has 1 aliphatic carbocycles. The third-order valence-electron chi connectivity index (χ3n) is 3.94. The van der Waals surface area contributed by atoms with Crippen LogP contribution in [0.2, 0.25) is 0 Å². The standard InChI is InChI=1S/C17H17NO4S/c1-12-5-7-14(8-6-12)23(21,22)18-10-9-13(11-18)17-15(19)3-2-4-16(17)20/h5-11,19H,2-4H2,1H3. The lowest BCUT2D eigenvalue weighted by Gasteiger charge is -2.13. The van der Waals surface area contributed by atoms with E-state index in [-0.39, 0.29) is 22.0 Å². The third kappa shape index (κ3) is 2.82. The molecule has 0 radical (unpaired) electrons. The van der Waals surface area contributed by atoms with Crippen molar-refractivity contribution in [3.63, 3.8) is 0 Å². The molecule has 1 aromatic heterocycles. The molecule has 23 heavy (non-hydrogen) atoms. The molecule has 1 aromatic carbocycles. The van der Waals surface area contributed by atoms with E-state index < -0.39 is 10.0 Å². The number of ketones is 1. The van der Waals surface area contributed by atoms with Gasteiger partial charge in [-0.1, -0.05) is 17.7 Å². The van der Waals surface area contributed by atoms with E-state index in [0.29, 0.717) is 24.8 Å². The first-order valence-electron chi connectivity index (χ1n) is 7.35. The first kappa shape index (κ1) is 15.6. The topological polar surface area (TPSA) is 76.4 Å². The number of Topliss-reactive ketones (excluding diaryl/α,β-unsaturated/α-hetero) is 1. The molecule has 0 amide bonds. The molecule has 0 bridgehead atoms. The van der Waals surface area contributed by atoms with E-state index in [0.717, 1.165) is 9.54 Å². The number of aryl methyl sites for hydroxylation is 1. The average Bonchev–Trinajstić information content (AvgIpc) is 2.98. The molecule has 120 valence electrons. The number of hydrogen-bond acceptors (Lipinski definition) is 4. The fourth-order valence-electron chi connectivity index (χ4n) is 2.66. The quantitative estimate of drug-likeness (QED) is 0.938. The van der Waals surface area contributed by atoms with Crippen molar-refractivity contribution in [3.05, 3.63) is 59.6 Å². The molecule has 1 N–H and O–H groups in total. The number of aromatic nitrogens is 1. The number of aliphatic hydroxyl groups excluding tert-OH is 1. The Labute approximate surface area is 134 Å². The van der Waals surface area contributed by atoms with Gasteiger partial charge in [0, 0.05) is 30.8 Å². The number of benzene rings is 1. The Balaban J connectivity index is 2.02. The molecule has 1 heterocycles. The van der Waals surface area contributed by atoms with Gasteiger partial charge in [-0.3, -0.25) is 4.79 Å². The second-order valence-corrected chi connectivity index (χ2v) is 7.49. The van der Waals surface area contributed by atoms with Gasteiger partial charge in [0.1, 0.15) is 5.76 Å². The van der Waals surface area contributed by atoms with Gasteiger partial charge >= 0.3 is 0 Å². The van der Waals surface area contributed by atoms with Crippen LogP contribution in [-0.4, -0.2) is 23.3 Å². The van der Waals surface area contributed by atoms with E-state index in [4.69, 9.17) is 0 Å². The second kappa shape index (κ2) is 5.70. The minimum Gasteiger partial charge on any atom is -0.512 e. The molecule has 1 aliphatic rings. The normalized spacial score (nSPS) is 16.0. The number of carbonyl (C=O) groups excluding carboxylic acids is 1. The summed E-state index contributed by atoms with van der Waals surface area (Å²) in [6.07, 6.45) is 4.21. The van der Waals surface area contributed by atoms with Gasteiger partial charge in [-0.05, 0) is 31.5 Å². The summed E-state index contributed by atoms with van der Waals surface area (Å²) in [5.41, 5.74) is 1.64. The predicted molar refractivity (Wildman–Crippen MR) is 86.6 cm³/mol. The van der Waals surface area contributed by atoms with Gasteiger partial charge in [0.2, 0.25) is 0 Å². The lowest BCUT2D eigenvalue weighted by Crippen LogP contribution is -2.12. The van der Waals surface area contributed by atoms with Crippen LogP contribution in [0.15, 0.2) is 53.4 Å². The highest BCUT2D eigenvalue weighted by Gasteiger charge is 2.24. The van der Waals surface area contributed by atoms with Crippen LogP contribution in [0.3, 0.4) is 0 Å². The first-order chi connectivity index (χ1) is 10.9. The highest BCUT2D eigenvalue weighted by Crippen LogP contribution is 2.29. The summed E-state index contributed by atoms with van der Waals surface area (Å²) in [7, 11) is -3.71. The van der Waals surface area contributed by atoms with Crippen molar-refractivity contribution in [2.75, 3.05) is 0 Å². The number of aliphatic hydroxyl groups is 1. The maximum absolute atomic E-state index is 12.6. The Morgan fingerprint density at radius 2 is 1.78 bits per heavy atom. The summed E-state index contributed by atoms with van der Waals surface area (Å²) in [5, 5.41) is 9.95. The minimum absolute atomic E-state index is 0.0340. The van der Waals surface area contributed by atoms with Crippen molar-refractivity contribution < 1.29 is 18.3 Å². The predicted octanol–water partition coefficient (Wildman–Crippen LogP) is 3.06. The van der Waals surface area contributed by atoms with E-state index in [1.807, 2.05) is 6.92 Å². The molecule has 0 saturated carbocycles. The van der Waals surface area contributed by atoms with E-state index in [1.165, 1.54) is 12.4 Å². The van der Waals surface area contributed by atoms with Crippen LogP contribution in [0.4, 0.5) is 0 Å². The van der Waals surface area contributed by atoms with E-state index in [2.05, 4.69) is 0 Å². The van der Waals surface area contributed by atoms with Crippen LogP contribution in [0.5, 0.6) is 0 Å². The Hall–Kier alpha value is -2.34. The number of nitrogens with zero attached hydrogens (tertiary/aromatic N) is 1. The SMILES string of the molecule is Cc1ccc(S(=O)(=O)n2ccc(C3=C(O)CCCC3=O)c2)cc1. The Morgan fingerprint density at radius 1 is 1.09 bits per heavy atom. The molecule has 0 unspecified atom stereocenters. The van der Waals surface area contributed by atoms with E-state index >= 15 is 0 Å². The highest BCUT2D eigenvalue weighted by atomic mass is 32.2. The first-order valence-corrected chi connectivity index (χ1v) is 8.79. The van der Waals surface area contributed by atoms with Crippen LogP contribution < -0.4 is 0 Å². The smallest absolute Gasteiger partial charge is 0.267 e. The van der Waals surface area contributed by atoms with Crippen molar-refractivity contribution in [2.24, 2.45) is 0 Å². The van der Waals surface area contributed by atoms with E-state index in [1.54, 1.807) is 30.3 Å². The summed E-state index contributed by atoms with van der Waals surface area (Å²) in [6, 6.07) is 8.10. The number of carbonyl (C=O) groups is 1. The van der Waals surface area contributed by atoms with Crippen molar-refractivity contribution in [2.45, 2.75) is 31.1 Å². The highest BCUT2D eigenvalue weighted by molar-refractivity contribution is 7.90. The average molecular weight is 331 g/mol. The van der Waals surface area contributed by atoms with Gasteiger partial charge in [-0.25, -0.2) is 12.4 Å². The second-order valence-electron chi connectivity index (χ2n) is 5.65. The summed E-state index contributed by atoms with van der Waals surface area (Å²) in [6.45, 7) is 1.88. The molecule has 0 aliphatic heterocycles. The lowest BCUT2D eigenvalue weighted by molar-refractivity contribution is -0.114. The Kier molecular flexibility index (Phi) is 3.85. The molecular weight excluding hydrogens is 314 g/mol. The molecule has 2 aromatic rings. The monoisotopic (exact) mass is 331 g/mol. The van der Waals surface area contributed by atoms with Crippen molar-refractivity contribution >= 4 is 21.4 Å². The zero-order chi connectivity index (χ0) is 16.6. The lowest BCUT2D eigenvalue weighted by atomic mass is 9.92. The summed E-state index contributed by atoms with van der Waals surface area (Å²) in [5.74, 6) is -0.119. The fourth-order valence-corrected chi connectivity index (χ4v) is 3.86. The van der Waals surface area contributed by atoms with Crippen LogP contribution in [0.1, 0.15) is 30.4 Å². The van der Waals surface area contributed by atoms with Crippen molar-refractivity contribution in [1.29, 1.82) is 0 Å². The van der Waals surface area contributed by atoms with Crippen molar-refractivity contribution in [3.8, 4) is 0 Å². The van der Waals surface area contributed by atoms with Crippen LogP contribution in [0, 0.1) is 6.92 Å². The Bertz CT molecular complexity index is 889. The molecule has 0 spiro atoms. The van der Waals surface area contributed by atoms with Gasteiger partial charge in [-0.2, -0.15) is 0 Å². The Morgan fingerprint density at radius 3 is 2.43 bits per heavy atom. The fraction of sp³-hybridized carbons (Fsp3) is 0.235. The third-order valence-corrected chi connectivity index (χ3v) is 5.59.